The zero-order chi connectivity index (χ0) is 26.0. The monoisotopic (exact) mass is 498 g/mol. The summed E-state index contributed by atoms with van der Waals surface area (Å²) in [5, 5.41) is 5.94. The van der Waals surface area contributed by atoms with E-state index < -0.39 is 0 Å². The van der Waals surface area contributed by atoms with Crippen LogP contribution in [0.1, 0.15) is 52.0 Å². The molecule has 0 saturated carbocycles. The lowest BCUT2D eigenvalue weighted by molar-refractivity contribution is -0.114. The molecule has 1 aliphatic rings. The van der Waals surface area contributed by atoms with Crippen molar-refractivity contribution < 1.29 is 14.4 Å². The number of rotatable bonds is 8. The Morgan fingerprint density at radius 2 is 1.43 bits per heavy atom. The minimum absolute atomic E-state index is 0.0352. The average Bonchev–Trinajstić information content (AvgIpc) is 3.22. The number of carbonyl (C=O) groups excluding carboxylic acids is 3. The lowest BCUT2D eigenvalue weighted by Crippen LogP contribution is -2.31. The first-order valence-electron chi connectivity index (χ1n) is 12.8. The minimum Gasteiger partial charge on any atom is -0.376 e. The maximum Gasteiger partial charge on any atom is 0.253 e. The Labute approximate surface area is 218 Å². The molecule has 0 aliphatic carbocycles. The number of anilines is 2. The molecule has 3 aromatic carbocycles. The Morgan fingerprint density at radius 3 is 2.16 bits per heavy atom. The van der Waals surface area contributed by atoms with Crippen molar-refractivity contribution in [2.24, 2.45) is 0 Å². The Balaban J connectivity index is 1.31. The van der Waals surface area contributed by atoms with Crippen LogP contribution in [0.15, 0.2) is 78.9 Å². The van der Waals surface area contributed by atoms with Crippen LogP contribution >= 0.6 is 0 Å². The smallest absolute Gasteiger partial charge is 0.253 e. The lowest BCUT2D eigenvalue weighted by atomic mass is 10.1. The second kappa shape index (κ2) is 12.7. The van der Waals surface area contributed by atoms with Gasteiger partial charge in [0.05, 0.1) is 6.54 Å². The van der Waals surface area contributed by atoms with Crippen LogP contribution in [-0.2, 0) is 11.3 Å². The van der Waals surface area contributed by atoms with Crippen molar-refractivity contribution in [2.75, 3.05) is 37.3 Å². The van der Waals surface area contributed by atoms with Crippen molar-refractivity contribution in [3.63, 3.8) is 0 Å². The fourth-order valence-corrected chi connectivity index (χ4v) is 4.49. The second-order valence-corrected chi connectivity index (χ2v) is 9.42. The molecule has 1 aliphatic heterocycles. The normalized spacial score (nSPS) is 13.4. The number of amides is 3. The molecule has 192 valence electrons. The molecule has 0 unspecified atom stereocenters. The minimum atomic E-state index is -0.244. The summed E-state index contributed by atoms with van der Waals surface area (Å²) in [6, 6.07) is 24.0. The Morgan fingerprint density at radius 1 is 0.784 bits per heavy atom. The summed E-state index contributed by atoms with van der Waals surface area (Å²) in [6.45, 7) is 2.12. The van der Waals surface area contributed by atoms with E-state index in [4.69, 9.17) is 0 Å². The van der Waals surface area contributed by atoms with Crippen molar-refractivity contribution in [3.05, 3.63) is 95.6 Å². The van der Waals surface area contributed by atoms with Crippen molar-refractivity contribution >= 4 is 29.1 Å². The molecule has 0 radical (unpaired) electrons. The molecule has 0 bridgehead atoms. The predicted octanol–water partition coefficient (Wildman–Crippen LogP) is 5.03. The van der Waals surface area contributed by atoms with Gasteiger partial charge in [-0.05, 0) is 54.8 Å². The summed E-state index contributed by atoms with van der Waals surface area (Å²) < 4.78 is 0. The van der Waals surface area contributed by atoms with Gasteiger partial charge in [0.1, 0.15) is 0 Å². The maximum absolute atomic E-state index is 12.9. The van der Waals surface area contributed by atoms with E-state index >= 15 is 0 Å². The molecule has 37 heavy (non-hydrogen) atoms. The third-order valence-corrected chi connectivity index (χ3v) is 6.46. The van der Waals surface area contributed by atoms with E-state index in [-0.39, 0.29) is 24.3 Å². The number of hydrogen-bond acceptors (Lipinski definition) is 4. The highest BCUT2D eigenvalue weighted by Gasteiger charge is 2.18. The highest BCUT2D eigenvalue weighted by molar-refractivity contribution is 5.98. The quantitative estimate of drug-likeness (QED) is 0.457. The maximum atomic E-state index is 12.9. The van der Waals surface area contributed by atoms with Gasteiger partial charge in [-0.25, -0.2) is 0 Å². The van der Waals surface area contributed by atoms with Gasteiger partial charge in [0.15, 0.2) is 0 Å². The fraction of sp³-hybridized carbons (Fsp3) is 0.300. The molecular formula is C30H34N4O3. The number of nitrogens with zero attached hydrogens (tertiary/aromatic N) is 2. The van der Waals surface area contributed by atoms with Gasteiger partial charge in [0.2, 0.25) is 5.91 Å². The first kappa shape index (κ1) is 25.9. The fourth-order valence-electron chi connectivity index (χ4n) is 4.49. The van der Waals surface area contributed by atoms with E-state index in [0.29, 0.717) is 29.0 Å². The largest absolute Gasteiger partial charge is 0.376 e. The summed E-state index contributed by atoms with van der Waals surface area (Å²) in [4.78, 5) is 42.0. The molecule has 0 aromatic heterocycles. The molecule has 1 heterocycles. The molecule has 4 rings (SSSR count). The van der Waals surface area contributed by atoms with Gasteiger partial charge < -0.3 is 20.4 Å². The van der Waals surface area contributed by atoms with Crippen molar-refractivity contribution in [1.82, 2.24) is 9.80 Å². The summed E-state index contributed by atoms with van der Waals surface area (Å²) >= 11 is 0. The van der Waals surface area contributed by atoms with Crippen LogP contribution in [0.2, 0.25) is 0 Å². The van der Waals surface area contributed by atoms with Gasteiger partial charge in [0.25, 0.3) is 11.8 Å². The highest BCUT2D eigenvalue weighted by atomic mass is 16.2. The molecule has 7 heteroatoms. The van der Waals surface area contributed by atoms with Gasteiger partial charge in [-0.2, -0.15) is 0 Å². The van der Waals surface area contributed by atoms with Gasteiger partial charge in [-0.1, -0.05) is 55.3 Å². The summed E-state index contributed by atoms with van der Waals surface area (Å²) in [5.41, 5.74) is 3.44. The molecule has 2 N–H and O–H groups in total. The van der Waals surface area contributed by atoms with E-state index in [1.54, 1.807) is 42.3 Å². The van der Waals surface area contributed by atoms with Crippen molar-refractivity contribution in [1.29, 1.82) is 0 Å². The van der Waals surface area contributed by atoms with Gasteiger partial charge in [-0.15, -0.1) is 0 Å². The predicted molar refractivity (Wildman–Crippen MR) is 147 cm³/mol. The first-order chi connectivity index (χ1) is 18.0. The zero-order valence-corrected chi connectivity index (χ0v) is 21.3. The molecule has 3 aromatic rings. The van der Waals surface area contributed by atoms with Crippen molar-refractivity contribution in [3.8, 4) is 0 Å². The van der Waals surface area contributed by atoms with Crippen LogP contribution in [0.25, 0.3) is 0 Å². The number of carbonyl (C=O) groups is 3. The summed E-state index contributed by atoms with van der Waals surface area (Å²) in [7, 11) is 1.76. The van der Waals surface area contributed by atoms with Gasteiger partial charge in [0, 0.05) is 49.2 Å². The number of likely N-dealkylation sites (tertiary alicyclic amines) is 1. The topological polar surface area (TPSA) is 81.8 Å². The number of hydrogen-bond donors (Lipinski definition) is 2. The van der Waals surface area contributed by atoms with E-state index in [1.807, 2.05) is 53.4 Å². The van der Waals surface area contributed by atoms with E-state index in [9.17, 15) is 14.4 Å². The summed E-state index contributed by atoms with van der Waals surface area (Å²) in [5.74, 6) is -0.329. The number of nitrogens with one attached hydrogen (secondary N) is 2. The number of benzene rings is 3. The molecule has 1 fully saturated rings. The molecule has 1 saturated heterocycles. The Bertz CT molecular complexity index is 1220. The van der Waals surface area contributed by atoms with E-state index in [2.05, 4.69) is 10.6 Å². The Kier molecular flexibility index (Phi) is 8.92. The van der Waals surface area contributed by atoms with Crippen LogP contribution in [0.4, 0.5) is 11.4 Å². The third kappa shape index (κ3) is 7.43. The van der Waals surface area contributed by atoms with Crippen LogP contribution < -0.4 is 10.6 Å². The first-order valence-corrected chi connectivity index (χ1v) is 12.8. The van der Waals surface area contributed by atoms with Gasteiger partial charge >= 0.3 is 0 Å². The second-order valence-electron chi connectivity index (χ2n) is 9.42. The molecule has 0 spiro atoms. The third-order valence-electron chi connectivity index (χ3n) is 6.46. The SMILES string of the molecule is CN(Cc1ccccc1)C(=O)c1cccc(NC(=O)CNc2cccc(C(=O)N3CCCCCC3)c2)c1. The van der Waals surface area contributed by atoms with Crippen LogP contribution in [0, 0.1) is 0 Å². The molecule has 0 atom stereocenters. The molecule has 7 nitrogen and oxygen atoms in total. The summed E-state index contributed by atoms with van der Waals surface area (Å²) in [6.07, 6.45) is 4.42. The van der Waals surface area contributed by atoms with Crippen LogP contribution in [0.5, 0.6) is 0 Å². The van der Waals surface area contributed by atoms with Crippen molar-refractivity contribution in [2.45, 2.75) is 32.2 Å². The average molecular weight is 499 g/mol. The lowest BCUT2D eigenvalue weighted by Gasteiger charge is -2.20. The van der Waals surface area contributed by atoms with E-state index in [0.717, 1.165) is 31.5 Å². The van der Waals surface area contributed by atoms with Crippen LogP contribution in [-0.4, -0.2) is 54.2 Å². The Hall–Kier alpha value is -4.13. The molecular weight excluding hydrogens is 464 g/mol. The highest BCUT2D eigenvalue weighted by Crippen LogP contribution is 2.17. The van der Waals surface area contributed by atoms with Crippen LogP contribution in [0.3, 0.4) is 0 Å². The zero-order valence-electron chi connectivity index (χ0n) is 21.3. The molecule has 3 amide bonds. The van der Waals surface area contributed by atoms with E-state index in [1.165, 1.54) is 12.8 Å². The van der Waals surface area contributed by atoms with Gasteiger partial charge in [-0.3, -0.25) is 14.4 Å². The standard InChI is InChI=1S/C30H34N4O3/c1-33(22-23-11-5-4-6-12-23)29(36)24-13-10-16-27(20-24)32-28(35)21-31-26-15-9-14-25(19-26)30(37)34-17-7-2-3-8-18-34/h4-6,9-16,19-20,31H,2-3,7-8,17-18,21-22H2,1H3,(H,32,35).